The molecule has 114 valence electrons. The molecule has 1 unspecified atom stereocenters. The van der Waals surface area contributed by atoms with E-state index in [-0.39, 0.29) is 24.5 Å². The molecule has 1 aliphatic rings. The van der Waals surface area contributed by atoms with E-state index in [2.05, 4.69) is 16.0 Å². The summed E-state index contributed by atoms with van der Waals surface area (Å²) in [7, 11) is 1.47. The zero-order valence-corrected chi connectivity index (χ0v) is 12.1. The summed E-state index contributed by atoms with van der Waals surface area (Å²) in [6.07, 6.45) is 3.04. The van der Waals surface area contributed by atoms with Crippen molar-refractivity contribution >= 4 is 23.2 Å². The van der Waals surface area contributed by atoms with Gasteiger partial charge >= 0.3 is 0 Å². The van der Waals surface area contributed by atoms with E-state index in [1.807, 2.05) is 0 Å². The van der Waals surface area contributed by atoms with E-state index in [0.717, 1.165) is 25.8 Å². The van der Waals surface area contributed by atoms with Gasteiger partial charge in [-0.2, -0.15) is 0 Å². The second-order valence-electron chi connectivity index (χ2n) is 5.05. The lowest BCUT2D eigenvalue weighted by Gasteiger charge is -2.22. The number of carbonyl (C=O) groups excluding carboxylic acids is 2. The minimum Gasteiger partial charge on any atom is -0.375 e. The van der Waals surface area contributed by atoms with Gasteiger partial charge in [0.15, 0.2) is 0 Å². The topological polar surface area (TPSA) is 79.5 Å². The van der Waals surface area contributed by atoms with Gasteiger partial charge in [0.1, 0.15) is 6.61 Å². The molecule has 6 nitrogen and oxygen atoms in total. The molecule has 0 aliphatic carbocycles. The zero-order valence-electron chi connectivity index (χ0n) is 12.1. The molecule has 1 aromatic carbocycles. The molecule has 3 N–H and O–H groups in total. The summed E-state index contributed by atoms with van der Waals surface area (Å²) in [6.45, 7) is 0.883. The van der Waals surface area contributed by atoms with Crippen molar-refractivity contribution in [2.24, 2.45) is 0 Å². The number of piperidine rings is 1. The molecule has 1 aromatic rings. The largest absolute Gasteiger partial charge is 0.375 e. The van der Waals surface area contributed by atoms with Crippen LogP contribution in [0, 0.1) is 0 Å². The molecule has 0 aromatic heterocycles. The van der Waals surface area contributed by atoms with Crippen LogP contribution >= 0.6 is 0 Å². The van der Waals surface area contributed by atoms with E-state index < -0.39 is 0 Å². The Morgan fingerprint density at radius 1 is 1.29 bits per heavy atom. The summed E-state index contributed by atoms with van der Waals surface area (Å²) >= 11 is 0. The molecule has 1 fully saturated rings. The number of methoxy groups -OCH3 is 1. The molecule has 0 saturated carbocycles. The van der Waals surface area contributed by atoms with Gasteiger partial charge in [-0.15, -0.1) is 0 Å². The van der Waals surface area contributed by atoms with Crippen LogP contribution in [0.4, 0.5) is 11.4 Å². The van der Waals surface area contributed by atoms with Gasteiger partial charge in [0.25, 0.3) is 0 Å². The van der Waals surface area contributed by atoms with Crippen LogP contribution in [0.1, 0.15) is 19.3 Å². The average Bonchev–Trinajstić information content (AvgIpc) is 2.48. The summed E-state index contributed by atoms with van der Waals surface area (Å²) in [5.74, 6) is -0.259. The number of hydrogen-bond acceptors (Lipinski definition) is 4. The predicted molar refractivity (Wildman–Crippen MR) is 81.2 cm³/mol. The Balaban J connectivity index is 1.93. The molecular formula is C15H21N3O3. The second kappa shape index (κ2) is 7.75. The van der Waals surface area contributed by atoms with Gasteiger partial charge in [-0.3, -0.25) is 9.59 Å². The number of carbonyl (C=O) groups is 2. The van der Waals surface area contributed by atoms with Crippen LogP contribution in [0.5, 0.6) is 0 Å². The number of amides is 2. The Kier molecular flexibility index (Phi) is 5.71. The summed E-state index contributed by atoms with van der Waals surface area (Å²) in [5.41, 5.74) is 1.30. The monoisotopic (exact) mass is 291 g/mol. The van der Waals surface area contributed by atoms with Crippen molar-refractivity contribution in [2.75, 3.05) is 30.9 Å². The maximum Gasteiger partial charge on any atom is 0.250 e. The first kappa shape index (κ1) is 15.5. The van der Waals surface area contributed by atoms with Crippen molar-refractivity contribution in [1.82, 2.24) is 5.32 Å². The molecule has 2 rings (SSSR count). The predicted octanol–water partition coefficient (Wildman–Crippen LogP) is 1.35. The van der Waals surface area contributed by atoms with E-state index in [4.69, 9.17) is 4.74 Å². The van der Waals surface area contributed by atoms with Crippen molar-refractivity contribution in [3.05, 3.63) is 24.3 Å². The molecule has 0 radical (unpaired) electrons. The van der Waals surface area contributed by atoms with Crippen molar-refractivity contribution in [3.8, 4) is 0 Å². The van der Waals surface area contributed by atoms with Crippen molar-refractivity contribution < 1.29 is 14.3 Å². The molecule has 1 aliphatic heterocycles. The second-order valence-corrected chi connectivity index (χ2v) is 5.05. The molecule has 0 bridgehead atoms. The third-order valence-corrected chi connectivity index (χ3v) is 3.32. The van der Waals surface area contributed by atoms with Crippen molar-refractivity contribution in [3.63, 3.8) is 0 Å². The fraction of sp³-hybridized carbons (Fsp3) is 0.467. The number of hydrogen-bond donors (Lipinski definition) is 3. The van der Waals surface area contributed by atoms with Crippen molar-refractivity contribution in [2.45, 2.75) is 25.3 Å². The molecule has 1 atom stereocenters. The SMILES string of the molecule is COCC(=O)Nc1cccc(NC(=O)C2CCCCN2)c1. The van der Waals surface area contributed by atoms with Crippen LogP contribution in [-0.4, -0.2) is 38.1 Å². The molecule has 0 spiro atoms. The molecule has 6 heteroatoms. The summed E-state index contributed by atoms with van der Waals surface area (Å²) in [4.78, 5) is 23.6. The smallest absolute Gasteiger partial charge is 0.250 e. The van der Waals surface area contributed by atoms with Crippen LogP contribution in [0.2, 0.25) is 0 Å². The quantitative estimate of drug-likeness (QED) is 0.765. The van der Waals surface area contributed by atoms with E-state index in [1.165, 1.54) is 7.11 Å². The maximum absolute atomic E-state index is 12.1. The van der Waals surface area contributed by atoms with Crippen LogP contribution < -0.4 is 16.0 Å². The Morgan fingerprint density at radius 3 is 2.71 bits per heavy atom. The fourth-order valence-corrected chi connectivity index (χ4v) is 2.31. The summed E-state index contributed by atoms with van der Waals surface area (Å²) in [6, 6.07) is 6.94. The van der Waals surface area contributed by atoms with Gasteiger partial charge in [0.05, 0.1) is 6.04 Å². The Morgan fingerprint density at radius 2 is 2.05 bits per heavy atom. The Labute approximate surface area is 124 Å². The number of benzene rings is 1. The minimum atomic E-state index is -0.227. The molecular weight excluding hydrogens is 270 g/mol. The molecule has 21 heavy (non-hydrogen) atoms. The third-order valence-electron chi connectivity index (χ3n) is 3.32. The first-order chi connectivity index (χ1) is 10.2. The zero-order chi connectivity index (χ0) is 15.1. The number of rotatable bonds is 5. The Hall–Kier alpha value is -1.92. The van der Waals surface area contributed by atoms with Crippen LogP contribution in [0.15, 0.2) is 24.3 Å². The van der Waals surface area contributed by atoms with Gasteiger partial charge in [0.2, 0.25) is 11.8 Å². The lowest BCUT2D eigenvalue weighted by Crippen LogP contribution is -2.43. The van der Waals surface area contributed by atoms with Gasteiger partial charge in [-0.05, 0) is 37.6 Å². The minimum absolute atomic E-state index is 0.00256. The number of ether oxygens (including phenoxy) is 1. The highest BCUT2D eigenvalue weighted by atomic mass is 16.5. The highest BCUT2D eigenvalue weighted by Crippen LogP contribution is 2.16. The van der Waals surface area contributed by atoms with Crippen LogP contribution in [0.25, 0.3) is 0 Å². The van der Waals surface area contributed by atoms with E-state index >= 15 is 0 Å². The number of nitrogens with one attached hydrogen (secondary N) is 3. The van der Waals surface area contributed by atoms with Crippen molar-refractivity contribution in [1.29, 1.82) is 0 Å². The third kappa shape index (κ3) is 4.84. The van der Waals surface area contributed by atoms with Gasteiger partial charge < -0.3 is 20.7 Å². The number of anilines is 2. The van der Waals surface area contributed by atoms with Gasteiger partial charge in [-0.25, -0.2) is 0 Å². The molecule has 1 heterocycles. The fourth-order valence-electron chi connectivity index (χ4n) is 2.31. The lowest BCUT2D eigenvalue weighted by atomic mass is 10.0. The summed E-state index contributed by atoms with van der Waals surface area (Å²) in [5, 5.41) is 8.78. The maximum atomic E-state index is 12.1. The highest BCUT2D eigenvalue weighted by molar-refractivity contribution is 5.96. The average molecular weight is 291 g/mol. The first-order valence-electron chi connectivity index (χ1n) is 7.12. The van der Waals surface area contributed by atoms with Crippen LogP contribution in [0.3, 0.4) is 0 Å². The first-order valence-corrected chi connectivity index (χ1v) is 7.12. The van der Waals surface area contributed by atoms with E-state index in [9.17, 15) is 9.59 Å². The Bertz CT molecular complexity index is 499. The summed E-state index contributed by atoms with van der Waals surface area (Å²) < 4.78 is 4.76. The normalized spacial score (nSPS) is 18.0. The van der Waals surface area contributed by atoms with E-state index in [1.54, 1.807) is 24.3 Å². The lowest BCUT2D eigenvalue weighted by molar-refractivity contribution is -0.120. The van der Waals surface area contributed by atoms with E-state index in [0.29, 0.717) is 11.4 Å². The van der Waals surface area contributed by atoms with Gasteiger partial charge in [-0.1, -0.05) is 12.5 Å². The van der Waals surface area contributed by atoms with Crippen LogP contribution in [-0.2, 0) is 14.3 Å². The molecule has 2 amide bonds. The molecule has 1 saturated heterocycles. The standard InChI is InChI=1S/C15H21N3O3/c1-21-10-14(19)17-11-5-4-6-12(9-11)18-15(20)13-7-2-3-8-16-13/h4-6,9,13,16H,2-3,7-8,10H2,1H3,(H,17,19)(H,18,20). The van der Waals surface area contributed by atoms with Gasteiger partial charge in [0, 0.05) is 18.5 Å². The highest BCUT2D eigenvalue weighted by Gasteiger charge is 2.20.